The Bertz CT molecular complexity index is 488. The Morgan fingerprint density at radius 3 is 2.46 bits per heavy atom. The predicted octanol–water partition coefficient (Wildman–Crippen LogP) is 2.83. The Morgan fingerprint density at radius 1 is 1.25 bits per heavy atom. The molecule has 1 heterocycles. The molecule has 0 aliphatic carbocycles. The number of aryl methyl sites for hydroxylation is 2. The average Bonchev–Trinajstić information content (AvgIpc) is 2.81. The minimum Gasteiger partial charge on any atom is -0.357 e. The Kier molecular flexibility index (Phi) is 9.29. The second-order valence-corrected chi connectivity index (χ2v) is 8.18. The van der Waals surface area contributed by atoms with Gasteiger partial charge in [-0.1, -0.05) is 13.8 Å². The molecule has 1 rings (SSSR count). The highest BCUT2D eigenvalue weighted by atomic mass is 32.1. The van der Waals surface area contributed by atoms with Crippen LogP contribution in [0.1, 0.15) is 42.8 Å². The van der Waals surface area contributed by atoms with E-state index in [9.17, 15) is 0 Å². The van der Waals surface area contributed by atoms with Crippen LogP contribution < -0.4 is 10.6 Å². The Morgan fingerprint density at radius 2 is 1.96 bits per heavy atom. The number of aromatic nitrogens is 1. The molecular weight excluding hydrogens is 318 g/mol. The minimum absolute atomic E-state index is 0.477. The molecule has 0 saturated carbocycles. The number of guanidine groups is 1. The SMILES string of the molecule is CCNC(=NCC(CC(C)C)N(C)C)NCCc1nc(C)c(C)s1. The van der Waals surface area contributed by atoms with E-state index in [0.717, 1.165) is 44.1 Å². The second-order valence-electron chi connectivity index (χ2n) is 6.89. The Hall–Kier alpha value is -1.14. The van der Waals surface area contributed by atoms with Crippen molar-refractivity contribution >= 4 is 17.3 Å². The van der Waals surface area contributed by atoms with Gasteiger partial charge in [0.25, 0.3) is 0 Å². The third kappa shape index (κ3) is 7.62. The van der Waals surface area contributed by atoms with Crippen LogP contribution in [-0.2, 0) is 6.42 Å². The van der Waals surface area contributed by atoms with Crippen LogP contribution in [0.15, 0.2) is 4.99 Å². The first kappa shape index (κ1) is 20.9. The Labute approximate surface area is 152 Å². The zero-order valence-electron chi connectivity index (χ0n) is 16.4. The number of hydrogen-bond donors (Lipinski definition) is 2. The summed E-state index contributed by atoms with van der Waals surface area (Å²) in [5, 5.41) is 7.96. The summed E-state index contributed by atoms with van der Waals surface area (Å²) < 4.78 is 0. The monoisotopic (exact) mass is 353 g/mol. The van der Waals surface area contributed by atoms with Crippen molar-refractivity contribution in [3.63, 3.8) is 0 Å². The molecule has 24 heavy (non-hydrogen) atoms. The molecule has 0 spiro atoms. The van der Waals surface area contributed by atoms with Gasteiger partial charge in [0.05, 0.1) is 17.2 Å². The normalized spacial score (nSPS) is 13.6. The average molecular weight is 354 g/mol. The van der Waals surface area contributed by atoms with Crippen molar-refractivity contribution in [3.05, 3.63) is 15.6 Å². The highest BCUT2D eigenvalue weighted by Gasteiger charge is 2.13. The first-order chi connectivity index (χ1) is 11.3. The number of hydrogen-bond acceptors (Lipinski definition) is 4. The summed E-state index contributed by atoms with van der Waals surface area (Å²) in [5.74, 6) is 1.58. The topological polar surface area (TPSA) is 52.6 Å². The van der Waals surface area contributed by atoms with Crippen LogP contribution in [-0.4, -0.2) is 55.6 Å². The molecule has 0 bridgehead atoms. The van der Waals surface area contributed by atoms with Gasteiger partial charge in [-0.05, 0) is 47.2 Å². The molecule has 1 atom stereocenters. The lowest BCUT2D eigenvalue weighted by Crippen LogP contribution is -2.40. The standard InChI is InChI=1S/C18H35N5S/c1-8-19-18(21-12-16(23(6)7)11-13(2)3)20-10-9-17-22-14(4)15(5)24-17/h13,16H,8-12H2,1-7H3,(H2,19,20,21). The highest BCUT2D eigenvalue weighted by molar-refractivity contribution is 7.11. The maximum Gasteiger partial charge on any atom is 0.191 e. The van der Waals surface area contributed by atoms with E-state index in [1.54, 1.807) is 11.3 Å². The predicted molar refractivity (Wildman–Crippen MR) is 106 cm³/mol. The van der Waals surface area contributed by atoms with Crippen molar-refractivity contribution in [2.24, 2.45) is 10.9 Å². The van der Waals surface area contributed by atoms with Crippen LogP contribution in [0.4, 0.5) is 0 Å². The molecule has 0 aromatic carbocycles. The summed E-state index contributed by atoms with van der Waals surface area (Å²) in [6.07, 6.45) is 2.10. The van der Waals surface area contributed by atoms with E-state index in [2.05, 4.69) is 69.2 Å². The van der Waals surface area contributed by atoms with Gasteiger partial charge >= 0.3 is 0 Å². The molecule has 6 heteroatoms. The third-order valence-corrected chi connectivity index (χ3v) is 5.11. The van der Waals surface area contributed by atoms with Gasteiger partial charge in [0.1, 0.15) is 0 Å². The van der Waals surface area contributed by atoms with E-state index < -0.39 is 0 Å². The van der Waals surface area contributed by atoms with Crippen LogP contribution in [0.2, 0.25) is 0 Å². The van der Waals surface area contributed by atoms with E-state index >= 15 is 0 Å². The van der Waals surface area contributed by atoms with Crippen molar-refractivity contribution < 1.29 is 0 Å². The molecule has 0 saturated heterocycles. The lowest BCUT2D eigenvalue weighted by Gasteiger charge is -2.24. The maximum atomic E-state index is 4.78. The van der Waals surface area contributed by atoms with E-state index in [0.29, 0.717) is 12.0 Å². The molecule has 0 fully saturated rings. The number of likely N-dealkylation sites (N-methyl/N-ethyl adjacent to an activating group) is 1. The molecule has 2 N–H and O–H groups in total. The fraction of sp³-hybridized carbons (Fsp3) is 0.778. The molecular formula is C18H35N5S. The quantitative estimate of drug-likeness (QED) is 0.529. The van der Waals surface area contributed by atoms with E-state index in [1.165, 1.54) is 9.88 Å². The van der Waals surface area contributed by atoms with Crippen LogP contribution in [0.5, 0.6) is 0 Å². The highest BCUT2D eigenvalue weighted by Crippen LogP contribution is 2.16. The summed E-state index contributed by atoms with van der Waals surface area (Å²) in [5.41, 5.74) is 1.15. The van der Waals surface area contributed by atoms with Crippen LogP contribution in [0.3, 0.4) is 0 Å². The summed E-state index contributed by atoms with van der Waals surface area (Å²) in [7, 11) is 4.27. The summed E-state index contributed by atoms with van der Waals surface area (Å²) in [6, 6.07) is 0.477. The second kappa shape index (κ2) is 10.7. The molecule has 1 aromatic heterocycles. The number of aliphatic imine (C=N–C) groups is 1. The number of thiazole rings is 1. The largest absolute Gasteiger partial charge is 0.357 e. The fourth-order valence-electron chi connectivity index (χ4n) is 2.47. The van der Waals surface area contributed by atoms with Gasteiger partial charge in [0, 0.05) is 30.4 Å². The van der Waals surface area contributed by atoms with Crippen molar-refractivity contribution in [1.82, 2.24) is 20.5 Å². The third-order valence-electron chi connectivity index (χ3n) is 3.98. The smallest absolute Gasteiger partial charge is 0.191 e. The minimum atomic E-state index is 0.477. The lowest BCUT2D eigenvalue weighted by molar-refractivity contribution is 0.261. The van der Waals surface area contributed by atoms with Crippen LogP contribution >= 0.6 is 11.3 Å². The molecule has 0 aliphatic rings. The first-order valence-electron chi connectivity index (χ1n) is 8.95. The van der Waals surface area contributed by atoms with Gasteiger partial charge in [-0.15, -0.1) is 11.3 Å². The van der Waals surface area contributed by atoms with Gasteiger partial charge in [0.15, 0.2) is 5.96 Å². The van der Waals surface area contributed by atoms with Crippen molar-refractivity contribution in [2.75, 3.05) is 33.7 Å². The van der Waals surface area contributed by atoms with Gasteiger partial charge in [-0.25, -0.2) is 4.98 Å². The van der Waals surface area contributed by atoms with E-state index in [1.807, 2.05) is 0 Å². The molecule has 0 amide bonds. The van der Waals surface area contributed by atoms with Gasteiger partial charge in [0.2, 0.25) is 0 Å². The van der Waals surface area contributed by atoms with Gasteiger partial charge in [-0.3, -0.25) is 4.99 Å². The van der Waals surface area contributed by atoms with Crippen molar-refractivity contribution in [1.29, 1.82) is 0 Å². The number of nitrogens with zero attached hydrogens (tertiary/aromatic N) is 3. The summed E-state index contributed by atoms with van der Waals surface area (Å²) >= 11 is 1.79. The molecule has 5 nitrogen and oxygen atoms in total. The lowest BCUT2D eigenvalue weighted by atomic mass is 10.0. The molecule has 0 radical (unpaired) electrons. The maximum absolute atomic E-state index is 4.78. The summed E-state index contributed by atoms with van der Waals surface area (Å²) in [4.78, 5) is 13.0. The Balaban J connectivity index is 2.54. The van der Waals surface area contributed by atoms with Crippen molar-refractivity contribution in [2.45, 2.75) is 53.5 Å². The van der Waals surface area contributed by atoms with E-state index in [-0.39, 0.29) is 0 Å². The molecule has 138 valence electrons. The number of nitrogens with one attached hydrogen (secondary N) is 2. The van der Waals surface area contributed by atoms with E-state index in [4.69, 9.17) is 4.99 Å². The van der Waals surface area contributed by atoms with Crippen LogP contribution in [0.25, 0.3) is 0 Å². The van der Waals surface area contributed by atoms with Gasteiger partial charge < -0.3 is 15.5 Å². The fourth-order valence-corrected chi connectivity index (χ4v) is 3.40. The van der Waals surface area contributed by atoms with Gasteiger partial charge in [-0.2, -0.15) is 0 Å². The molecule has 1 aromatic rings. The van der Waals surface area contributed by atoms with Crippen LogP contribution in [0, 0.1) is 19.8 Å². The zero-order chi connectivity index (χ0) is 18.1. The summed E-state index contributed by atoms with van der Waals surface area (Å²) in [6.45, 7) is 13.4. The van der Waals surface area contributed by atoms with Crippen molar-refractivity contribution in [3.8, 4) is 0 Å². The molecule has 0 aliphatic heterocycles. The number of rotatable bonds is 9. The first-order valence-corrected chi connectivity index (χ1v) is 9.76. The zero-order valence-corrected chi connectivity index (χ0v) is 17.3. The molecule has 1 unspecified atom stereocenters.